The number of aromatic nitrogens is 2. The number of pyridine rings is 2. The van der Waals surface area contributed by atoms with Gasteiger partial charge in [0.25, 0.3) is 0 Å². The van der Waals surface area contributed by atoms with Crippen molar-refractivity contribution in [3.05, 3.63) is 97.0 Å². The van der Waals surface area contributed by atoms with Gasteiger partial charge in [-0.25, -0.2) is 21.1 Å². The molecule has 29 heavy (non-hydrogen) atoms. The summed E-state index contributed by atoms with van der Waals surface area (Å²) in [5.41, 5.74) is 1.11. The second-order valence-electron chi connectivity index (χ2n) is 5.95. The molecule has 1 radical (unpaired) electrons. The van der Waals surface area contributed by atoms with Crippen molar-refractivity contribution < 1.29 is 30.0 Å². The van der Waals surface area contributed by atoms with Crippen molar-refractivity contribution in [1.82, 2.24) is 9.97 Å². The minimum atomic E-state index is -0.989. The van der Waals surface area contributed by atoms with Gasteiger partial charge < -0.3 is 10.1 Å². The molecule has 0 aliphatic heterocycles. The Morgan fingerprint density at radius 1 is 0.862 bits per heavy atom. The second kappa shape index (κ2) is 9.52. The first kappa shape index (κ1) is 20.8. The number of carboxylic acid groups (broad SMARTS) is 1. The summed E-state index contributed by atoms with van der Waals surface area (Å²) in [6.07, 6.45) is 3.32. The summed E-state index contributed by atoms with van der Waals surface area (Å²) in [6, 6.07) is 26.7. The molecule has 5 rings (SSSR count). The summed E-state index contributed by atoms with van der Waals surface area (Å²) in [7, 11) is 0. The van der Waals surface area contributed by atoms with Crippen LogP contribution in [0.2, 0.25) is 0 Å². The smallest absolute Gasteiger partial charge is 0.355 e. The van der Waals surface area contributed by atoms with Gasteiger partial charge in [0.2, 0.25) is 0 Å². The van der Waals surface area contributed by atoms with E-state index in [-0.39, 0.29) is 25.8 Å². The standard InChI is InChI=1S/C13H8NS.C10H7NO2.Ir/c1-2-7-12-10(5-1)9-13(15-12)11-6-3-4-8-14-11;12-10(13)9-8-4-2-1-3-7(8)5-6-11-9;/h1-8H;1-6H,(H,12,13);/q-1;;. The average molecular weight is 576 g/mol. The number of benzene rings is 2. The molecule has 145 valence electrons. The normalized spacial score (nSPS) is 10.1. The third-order valence-electron chi connectivity index (χ3n) is 4.12. The summed E-state index contributed by atoms with van der Waals surface area (Å²) >= 11 is 1.73. The second-order valence-corrected chi connectivity index (χ2v) is 7.01. The Balaban J connectivity index is 0.000000162. The number of nitrogens with zero attached hydrogens (tertiary/aromatic N) is 2. The van der Waals surface area contributed by atoms with Gasteiger partial charge in [0.15, 0.2) is 5.69 Å². The molecule has 0 amide bonds. The molecule has 2 aromatic carbocycles. The first-order valence-corrected chi connectivity index (χ1v) is 9.43. The van der Waals surface area contributed by atoms with E-state index in [0.29, 0.717) is 5.39 Å². The fourth-order valence-corrected chi connectivity index (χ4v) is 3.80. The predicted molar refractivity (Wildman–Crippen MR) is 113 cm³/mol. The fraction of sp³-hybridized carbons (Fsp3) is 0. The molecule has 0 aliphatic rings. The van der Waals surface area contributed by atoms with E-state index >= 15 is 0 Å². The zero-order valence-corrected chi connectivity index (χ0v) is 18.3. The number of hydrogen-bond acceptors (Lipinski definition) is 4. The van der Waals surface area contributed by atoms with Gasteiger partial charge in [-0.2, -0.15) is 0 Å². The van der Waals surface area contributed by atoms with Gasteiger partial charge in [0.1, 0.15) is 0 Å². The molecule has 0 aliphatic carbocycles. The maximum Gasteiger partial charge on any atom is 0.355 e. The molecule has 6 heteroatoms. The Morgan fingerprint density at radius 2 is 1.62 bits per heavy atom. The van der Waals surface area contributed by atoms with E-state index in [2.05, 4.69) is 34.2 Å². The Morgan fingerprint density at radius 3 is 2.38 bits per heavy atom. The van der Waals surface area contributed by atoms with Gasteiger partial charge in [0, 0.05) is 43.6 Å². The van der Waals surface area contributed by atoms with Crippen molar-refractivity contribution in [2.24, 2.45) is 0 Å². The van der Waals surface area contributed by atoms with Crippen LogP contribution in [0.1, 0.15) is 10.5 Å². The first-order chi connectivity index (χ1) is 13.7. The van der Waals surface area contributed by atoms with Crippen LogP contribution in [0, 0.1) is 6.07 Å². The fourth-order valence-electron chi connectivity index (χ4n) is 2.82. The Bertz CT molecular complexity index is 1220. The molecule has 5 aromatic rings. The number of carboxylic acids is 1. The summed E-state index contributed by atoms with van der Waals surface area (Å²) in [5, 5.41) is 11.6. The molecule has 0 saturated heterocycles. The van der Waals surface area contributed by atoms with E-state index in [1.54, 1.807) is 29.5 Å². The predicted octanol–water partition coefficient (Wildman–Crippen LogP) is 5.69. The van der Waals surface area contributed by atoms with Crippen LogP contribution < -0.4 is 0 Å². The summed E-state index contributed by atoms with van der Waals surface area (Å²) in [5.74, 6) is -0.989. The Kier molecular flexibility index (Phi) is 6.83. The van der Waals surface area contributed by atoms with E-state index in [4.69, 9.17) is 5.11 Å². The van der Waals surface area contributed by atoms with Crippen LogP contribution >= 0.6 is 11.3 Å². The molecule has 0 fully saturated rings. The molecule has 0 saturated carbocycles. The van der Waals surface area contributed by atoms with E-state index in [1.165, 1.54) is 16.3 Å². The van der Waals surface area contributed by atoms with Crippen molar-refractivity contribution >= 4 is 38.2 Å². The van der Waals surface area contributed by atoms with Crippen molar-refractivity contribution in [2.75, 3.05) is 0 Å². The number of aromatic carboxylic acids is 1. The van der Waals surface area contributed by atoms with Crippen LogP contribution in [-0.4, -0.2) is 21.0 Å². The summed E-state index contributed by atoms with van der Waals surface area (Å²) < 4.78 is 1.26. The van der Waals surface area contributed by atoms with Gasteiger partial charge in [-0.3, -0.25) is 0 Å². The maximum absolute atomic E-state index is 10.8. The number of thiophene rings is 1. The van der Waals surface area contributed by atoms with Crippen LogP contribution in [0.15, 0.2) is 85.2 Å². The van der Waals surface area contributed by atoms with Crippen LogP contribution in [0.4, 0.5) is 0 Å². The van der Waals surface area contributed by atoms with Gasteiger partial charge in [-0.1, -0.05) is 48.5 Å². The number of rotatable bonds is 2. The quantitative estimate of drug-likeness (QED) is 0.275. The van der Waals surface area contributed by atoms with Crippen molar-refractivity contribution in [2.45, 2.75) is 0 Å². The van der Waals surface area contributed by atoms with Crippen molar-refractivity contribution in [3.63, 3.8) is 0 Å². The van der Waals surface area contributed by atoms with Gasteiger partial charge >= 0.3 is 5.97 Å². The van der Waals surface area contributed by atoms with E-state index in [9.17, 15) is 4.79 Å². The zero-order valence-electron chi connectivity index (χ0n) is 15.1. The van der Waals surface area contributed by atoms with Crippen LogP contribution in [0.3, 0.4) is 0 Å². The van der Waals surface area contributed by atoms with Gasteiger partial charge in [-0.05, 0) is 27.1 Å². The monoisotopic (exact) mass is 576 g/mol. The Hall–Kier alpha value is -2.92. The minimum Gasteiger partial charge on any atom is -0.476 e. The Labute approximate surface area is 185 Å². The minimum absolute atomic E-state index is 0. The van der Waals surface area contributed by atoms with E-state index in [0.717, 1.165) is 16.0 Å². The molecule has 0 atom stereocenters. The molecule has 0 spiro atoms. The van der Waals surface area contributed by atoms with E-state index < -0.39 is 5.97 Å². The molecule has 1 N–H and O–H groups in total. The molecule has 3 aromatic heterocycles. The molecule has 4 nitrogen and oxygen atoms in total. The van der Waals surface area contributed by atoms with Crippen LogP contribution in [0.5, 0.6) is 0 Å². The number of hydrogen-bond donors (Lipinski definition) is 1. The topological polar surface area (TPSA) is 63.1 Å². The largest absolute Gasteiger partial charge is 0.476 e. The van der Waals surface area contributed by atoms with Crippen molar-refractivity contribution in [1.29, 1.82) is 0 Å². The van der Waals surface area contributed by atoms with Crippen LogP contribution in [0.25, 0.3) is 31.4 Å². The average Bonchev–Trinajstić information content (AvgIpc) is 3.19. The third-order valence-corrected chi connectivity index (χ3v) is 5.21. The SMILES string of the molecule is O=C(O)c1nccc2ccccc12.[Ir].[c-]1c(-c2ccccn2)sc2ccccc12. The molecular weight excluding hydrogens is 561 g/mol. The molecule has 3 heterocycles. The molecule has 0 bridgehead atoms. The third kappa shape index (κ3) is 4.74. The number of fused-ring (bicyclic) bond motifs is 2. The van der Waals surface area contributed by atoms with E-state index in [1.807, 2.05) is 42.6 Å². The summed E-state index contributed by atoms with van der Waals surface area (Å²) in [4.78, 5) is 20.0. The van der Waals surface area contributed by atoms with Gasteiger partial charge in [-0.15, -0.1) is 23.6 Å². The number of carbonyl (C=O) groups is 1. The maximum atomic E-state index is 10.8. The first-order valence-electron chi connectivity index (χ1n) is 8.61. The molecular formula is C23H15IrN2O2S-. The van der Waals surface area contributed by atoms with Crippen LogP contribution in [-0.2, 0) is 20.1 Å². The van der Waals surface area contributed by atoms with Gasteiger partial charge in [0.05, 0.1) is 0 Å². The van der Waals surface area contributed by atoms with Crippen molar-refractivity contribution in [3.8, 4) is 10.6 Å². The zero-order chi connectivity index (χ0) is 19.3. The summed E-state index contributed by atoms with van der Waals surface area (Å²) in [6.45, 7) is 0. The molecule has 0 unspecified atom stereocenters.